The molecule has 15 heavy (non-hydrogen) atoms. The molecule has 2 heteroatoms. The fourth-order valence-electron chi connectivity index (χ4n) is 2.71. The maximum absolute atomic E-state index is 3.49. The highest BCUT2D eigenvalue weighted by Crippen LogP contribution is 2.22. The zero-order valence-electron chi connectivity index (χ0n) is 10.9. The van der Waals surface area contributed by atoms with Crippen molar-refractivity contribution in [2.45, 2.75) is 71.5 Å². The molecule has 1 aliphatic heterocycles. The summed E-state index contributed by atoms with van der Waals surface area (Å²) in [5.74, 6) is 0. The van der Waals surface area contributed by atoms with Gasteiger partial charge in [-0.25, -0.2) is 0 Å². The van der Waals surface area contributed by atoms with Crippen LogP contribution in [-0.2, 0) is 0 Å². The minimum absolute atomic E-state index is 0.663. The molecule has 0 bridgehead atoms. The Labute approximate surface area is 95.4 Å². The number of nitrogens with zero attached hydrogens (tertiary/aromatic N) is 1. The summed E-state index contributed by atoms with van der Waals surface area (Å²) in [7, 11) is 0. The number of rotatable bonds is 5. The standard InChI is InChI=1S/C13H28N2/c1-5-14-11(2)9-10-15-12(3)7-6-8-13(15)4/h11-14H,5-10H2,1-4H3. The predicted molar refractivity (Wildman–Crippen MR) is 67.2 cm³/mol. The van der Waals surface area contributed by atoms with Crippen molar-refractivity contribution in [1.82, 2.24) is 10.2 Å². The monoisotopic (exact) mass is 212 g/mol. The summed E-state index contributed by atoms with van der Waals surface area (Å²) in [6, 6.07) is 2.25. The van der Waals surface area contributed by atoms with Crippen molar-refractivity contribution in [1.29, 1.82) is 0 Å². The molecule has 2 nitrogen and oxygen atoms in total. The fraction of sp³-hybridized carbons (Fsp3) is 1.00. The second-order valence-corrected chi connectivity index (χ2v) is 5.11. The highest BCUT2D eigenvalue weighted by Gasteiger charge is 2.24. The van der Waals surface area contributed by atoms with Gasteiger partial charge in [-0.15, -0.1) is 0 Å². The van der Waals surface area contributed by atoms with Crippen LogP contribution in [0.5, 0.6) is 0 Å². The molecule has 0 radical (unpaired) electrons. The third kappa shape index (κ3) is 4.12. The Balaban J connectivity index is 2.28. The van der Waals surface area contributed by atoms with Gasteiger partial charge in [0, 0.05) is 24.7 Å². The van der Waals surface area contributed by atoms with E-state index in [2.05, 4.69) is 37.9 Å². The lowest BCUT2D eigenvalue weighted by molar-refractivity contribution is 0.0989. The molecule has 0 aromatic rings. The van der Waals surface area contributed by atoms with E-state index in [4.69, 9.17) is 0 Å². The Morgan fingerprint density at radius 3 is 2.40 bits per heavy atom. The molecule has 0 saturated carbocycles. The van der Waals surface area contributed by atoms with Crippen LogP contribution in [0.1, 0.15) is 53.4 Å². The van der Waals surface area contributed by atoms with Crippen molar-refractivity contribution in [3.63, 3.8) is 0 Å². The lowest BCUT2D eigenvalue weighted by atomic mass is 9.97. The molecule has 0 aliphatic carbocycles. The molecule has 0 amide bonds. The van der Waals surface area contributed by atoms with Gasteiger partial charge in [-0.3, -0.25) is 4.90 Å². The van der Waals surface area contributed by atoms with Gasteiger partial charge >= 0.3 is 0 Å². The molecular weight excluding hydrogens is 184 g/mol. The number of hydrogen-bond acceptors (Lipinski definition) is 2. The van der Waals surface area contributed by atoms with Gasteiger partial charge in [0.05, 0.1) is 0 Å². The Kier molecular flexibility index (Phi) is 5.62. The van der Waals surface area contributed by atoms with Crippen LogP contribution in [0, 0.1) is 0 Å². The first-order chi connectivity index (χ1) is 7.15. The van der Waals surface area contributed by atoms with E-state index in [-0.39, 0.29) is 0 Å². The maximum Gasteiger partial charge on any atom is 0.00697 e. The Bertz CT molecular complexity index is 160. The van der Waals surface area contributed by atoms with Gasteiger partial charge in [-0.2, -0.15) is 0 Å². The molecule has 1 fully saturated rings. The van der Waals surface area contributed by atoms with Crippen molar-refractivity contribution < 1.29 is 0 Å². The Hall–Kier alpha value is -0.0800. The Morgan fingerprint density at radius 2 is 1.87 bits per heavy atom. The number of piperidine rings is 1. The van der Waals surface area contributed by atoms with Gasteiger partial charge in [-0.05, 0) is 46.6 Å². The van der Waals surface area contributed by atoms with E-state index < -0.39 is 0 Å². The largest absolute Gasteiger partial charge is 0.314 e. The quantitative estimate of drug-likeness (QED) is 0.753. The summed E-state index contributed by atoms with van der Waals surface area (Å²) in [5, 5.41) is 3.49. The third-order valence-corrected chi connectivity index (χ3v) is 3.75. The zero-order chi connectivity index (χ0) is 11.3. The SMILES string of the molecule is CCNC(C)CCN1C(C)CCCC1C. The van der Waals surface area contributed by atoms with Gasteiger partial charge in [0.1, 0.15) is 0 Å². The molecule has 0 aromatic heterocycles. The normalized spacial score (nSPS) is 30.4. The van der Waals surface area contributed by atoms with Gasteiger partial charge in [0.2, 0.25) is 0 Å². The minimum Gasteiger partial charge on any atom is -0.314 e. The molecule has 1 heterocycles. The summed E-state index contributed by atoms with van der Waals surface area (Å²) in [5.41, 5.74) is 0. The van der Waals surface area contributed by atoms with Gasteiger partial charge in [0.25, 0.3) is 0 Å². The van der Waals surface area contributed by atoms with Gasteiger partial charge in [-0.1, -0.05) is 13.3 Å². The van der Waals surface area contributed by atoms with E-state index in [1.54, 1.807) is 0 Å². The molecule has 0 aromatic carbocycles. The van der Waals surface area contributed by atoms with Gasteiger partial charge < -0.3 is 5.32 Å². The molecule has 1 N–H and O–H groups in total. The molecule has 3 unspecified atom stereocenters. The number of hydrogen-bond donors (Lipinski definition) is 1. The number of likely N-dealkylation sites (tertiary alicyclic amines) is 1. The summed E-state index contributed by atoms with van der Waals surface area (Å²) in [6.45, 7) is 11.6. The first-order valence-corrected chi connectivity index (χ1v) is 6.64. The highest BCUT2D eigenvalue weighted by molar-refractivity contribution is 4.80. The molecule has 0 spiro atoms. The van der Waals surface area contributed by atoms with Crippen molar-refractivity contribution in [2.75, 3.05) is 13.1 Å². The van der Waals surface area contributed by atoms with Crippen LogP contribution < -0.4 is 5.32 Å². The smallest absolute Gasteiger partial charge is 0.00697 e. The van der Waals surface area contributed by atoms with Crippen molar-refractivity contribution in [3.05, 3.63) is 0 Å². The topological polar surface area (TPSA) is 15.3 Å². The van der Waals surface area contributed by atoms with E-state index in [0.29, 0.717) is 6.04 Å². The van der Waals surface area contributed by atoms with Crippen molar-refractivity contribution in [2.24, 2.45) is 0 Å². The summed E-state index contributed by atoms with van der Waals surface area (Å²) < 4.78 is 0. The minimum atomic E-state index is 0.663. The van der Waals surface area contributed by atoms with E-state index in [9.17, 15) is 0 Å². The van der Waals surface area contributed by atoms with Crippen LogP contribution in [0.25, 0.3) is 0 Å². The first kappa shape index (κ1) is 13.0. The van der Waals surface area contributed by atoms with Crippen LogP contribution in [0.4, 0.5) is 0 Å². The van der Waals surface area contributed by atoms with E-state index in [1.165, 1.54) is 32.2 Å². The van der Waals surface area contributed by atoms with Crippen LogP contribution in [0.3, 0.4) is 0 Å². The number of nitrogens with one attached hydrogen (secondary N) is 1. The van der Waals surface area contributed by atoms with Crippen LogP contribution >= 0.6 is 0 Å². The van der Waals surface area contributed by atoms with Crippen LogP contribution in [-0.4, -0.2) is 36.1 Å². The van der Waals surface area contributed by atoms with Crippen LogP contribution in [0.2, 0.25) is 0 Å². The highest BCUT2D eigenvalue weighted by atomic mass is 15.2. The Morgan fingerprint density at radius 1 is 1.27 bits per heavy atom. The summed E-state index contributed by atoms with van der Waals surface area (Å²) in [4.78, 5) is 2.69. The molecule has 1 rings (SSSR count). The molecule has 1 saturated heterocycles. The average molecular weight is 212 g/mol. The van der Waals surface area contributed by atoms with Gasteiger partial charge in [0.15, 0.2) is 0 Å². The lowest BCUT2D eigenvalue weighted by Crippen LogP contribution is -2.45. The van der Waals surface area contributed by atoms with Crippen LogP contribution in [0.15, 0.2) is 0 Å². The first-order valence-electron chi connectivity index (χ1n) is 6.64. The van der Waals surface area contributed by atoms with E-state index >= 15 is 0 Å². The summed E-state index contributed by atoms with van der Waals surface area (Å²) in [6.07, 6.45) is 5.48. The van der Waals surface area contributed by atoms with E-state index in [1.807, 2.05) is 0 Å². The van der Waals surface area contributed by atoms with Crippen molar-refractivity contribution >= 4 is 0 Å². The lowest BCUT2D eigenvalue weighted by Gasteiger charge is -2.39. The van der Waals surface area contributed by atoms with Crippen molar-refractivity contribution in [3.8, 4) is 0 Å². The third-order valence-electron chi connectivity index (χ3n) is 3.75. The average Bonchev–Trinajstić information content (AvgIpc) is 2.17. The summed E-state index contributed by atoms with van der Waals surface area (Å²) >= 11 is 0. The molecule has 90 valence electrons. The zero-order valence-corrected chi connectivity index (χ0v) is 10.9. The second-order valence-electron chi connectivity index (χ2n) is 5.11. The fourth-order valence-corrected chi connectivity index (χ4v) is 2.71. The maximum atomic E-state index is 3.49. The second kappa shape index (κ2) is 6.49. The van der Waals surface area contributed by atoms with E-state index in [0.717, 1.165) is 18.6 Å². The predicted octanol–water partition coefficient (Wildman–Crippen LogP) is 2.64. The molecule has 3 atom stereocenters. The molecule has 1 aliphatic rings. The molecular formula is C13H28N2.